The predicted octanol–water partition coefficient (Wildman–Crippen LogP) is 1.01. The Morgan fingerprint density at radius 2 is 1.87 bits per heavy atom. The monoisotopic (exact) mass is 213 g/mol. The second-order valence-electron chi connectivity index (χ2n) is 3.77. The summed E-state index contributed by atoms with van der Waals surface area (Å²) in [4.78, 5) is 22.1. The minimum absolute atomic E-state index is 0.114. The highest BCUT2D eigenvalue weighted by Crippen LogP contribution is 2.04. The highest BCUT2D eigenvalue weighted by Gasteiger charge is 2.13. The number of rotatable bonds is 7. The van der Waals surface area contributed by atoms with Gasteiger partial charge in [0.15, 0.2) is 0 Å². The molecule has 0 aliphatic rings. The van der Waals surface area contributed by atoms with Gasteiger partial charge in [-0.05, 0) is 19.3 Å². The summed E-state index contributed by atoms with van der Waals surface area (Å²) in [6.07, 6.45) is 3.73. The van der Waals surface area contributed by atoms with Crippen molar-refractivity contribution in [2.75, 3.05) is 0 Å². The van der Waals surface area contributed by atoms with Gasteiger partial charge in [0.05, 0.1) is 6.42 Å². The second-order valence-corrected chi connectivity index (χ2v) is 3.77. The molecule has 4 heteroatoms. The van der Waals surface area contributed by atoms with Crippen LogP contribution in [0.1, 0.15) is 40.0 Å². The summed E-state index contributed by atoms with van der Waals surface area (Å²) in [6, 6.07) is 0.220. The molecule has 87 valence electrons. The summed E-state index contributed by atoms with van der Waals surface area (Å²) in [7, 11) is 0. The third-order valence-corrected chi connectivity index (χ3v) is 2.47. The standard InChI is InChI=1S/C11H21N2O2/c1-4-9(5-2)13-10(14)7-6-8(3)11(12)15/h7-9H,4-6H2,1-3H3,(H2,12,15)(H,13,14)/t8-/m0/s1. The summed E-state index contributed by atoms with van der Waals surface area (Å²) in [5.74, 6) is -0.768. The average molecular weight is 213 g/mol. The molecular weight excluding hydrogens is 192 g/mol. The molecule has 1 radical (unpaired) electrons. The predicted molar refractivity (Wildman–Crippen MR) is 59.8 cm³/mol. The van der Waals surface area contributed by atoms with Crippen molar-refractivity contribution in [3.8, 4) is 0 Å². The highest BCUT2D eigenvalue weighted by atomic mass is 16.2. The molecule has 0 spiro atoms. The van der Waals surface area contributed by atoms with Crippen LogP contribution in [0.3, 0.4) is 0 Å². The maximum absolute atomic E-state index is 11.4. The van der Waals surface area contributed by atoms with E-state index < -0.39 is 0 Å². The second kappa shape index (κ2) is 7.26. The fourth-order valence-electron chi connectivity index (χ4n) is 1.15. The molecule has 0 rings (SSSR count). The molecule has 0 aromatic carbocycles. The molecule has 0 aromatic rings. The Hall–Kier alpha value is -1.06. The van der Waals surface area contributed by atoms with Crippen LogP contribution in [-0.4, -0.2) is 17.9 Å². The molecule has 0 aromatic heterocycles. The van der Waals surface area contributed by atoms with Crippen LogP contribution in [0.15, 0.2) is 0 Å². The molecule has 2 amide bonds. The van der Waals surface area contributed by atoms with E-state index in [4.69, 9.17) is 5.73 Å². The quantitative estimate of drug-likeness (QED) is 0.662. The van der Waals surface area contributed by atoms with Gasteiger partial charge in [0.25, 0.3) is 0 Å². The van der Waals surface area contributed by atoms with Crippen molar-refractivity contribution in [3.63, 3.8) is 0 Å². The molecule has 0 unspecified atom stereocenters. The third-order valence-electron chi connectivity index (χ3n) is 2.47. The molecule has 0 aliphatic heterocycles. The molecule has 0 bridgehead atoms. The fourth-order valence-corrected chi connectivity index (χ4v) is 1.15. The van der Waals surface area contributed by atoms with Crippen LogP contribution in [-0.2, 0) is 9.59 Å². The van der Waals surface area contributed by atoms with Gasteiger partial charge in [-0.2, -0.15) is 0 Å². The van der Waals surface area contributed by atoms with Gasteiger partial charge in [0.1, 0.15) is 0 Å². The third kappa shape index (κ3) is 6.10. The highest BCUT2D eigenvalue weighted by molar-refractivity contribution is 5.86. The Labute approximate surface area is 91.6 Å². The van der Waals surface area contributed by atoms with Crippen molar-refractivity contribution in [1.29, 1.82) is 0 Å². The van der Waals surface area contributed by atoms with Gasteiger partial charge in [-0.25, -0.2) is 0 Å². The lowest BCUT2D eigenvalue weighted by molar-refractivity contribution is -0.121. The van der Waals surface area contributed by atoms with E-state index in [0.717, 1.165) is 12.8 Å². The van der Waals surface area contributed by atoms with Gasteiger partial charge in [-0.15, -0.1) is 0 Å². The van der Waals surface area contributed by atoms with Crippen molar-refractivity contribution >= 4 is 11.8 Å². The number of carbonyl (C=O) groups excluding carboxylic acids is 2. The van der Waals surface area contributed by atoms with E-state index in [1.165, 1.54) is 6.42 Å². The average Bonchev–Trinajstić information content (AvgIpc) is 2.22. The van der Waals surface area contributed by atoms with Gasteiger partial charge in [-0.1, -0.05) is 20.8 Å². The van der Waals surface area contributed by atoms with Crippen LogP contribution in [0.2, 0.25) is 0 Å². The lowest BCUT2D eigenvalue weighted by Crippen LogP contribution is -2.34. The lowest BCUT2D eigenvalue weighted by Gasteiger charge is -2.14. The Kier molecular flexibility index (Phi) is 6.75. The smallest absolute Gasteiger partial charge is 0.224 e. The first-order chi connectivity index (χ1) is 7.01. The number of carbonyl (C=O) groups is 2. The Morgan fingerprint density at radius 3 is 2.27 bits per heavy atom. The van der Waals surface area contributed by atoms with Crippen molar-refractivity contribution < 1.29 is 9.59 Å². The van der Waals surface area contributed by atoms with E-state index >= 15 is 0 Å². The van der Waals surface area contributed by atoms with Gasteiger partial charge in [-0.3, -0.25) is 9.59 Å². The first kappa shape index (κ1) is 13.9. The van der Waals surface area contributed by atoms with Gasteiger partial charge in [0.2, 0.25) is 11.8 Å². The minimum Gasteiger partial charge on any atom is -0.369 e. The molecular formula is C11H21N2O2. The minimum atomic E-state index is -0.374. The zero-order valence-corrected chi connectivity index (χ0v) is 9.75. The largest absolute Gasteiger partial charge is 0.369 e. The SMILES string of the molecule is CCC(CC)NC(=O)[CH]C[C@H](C)C(N)=O. The number of nitrogens with one attached hydrogen (secondary N) is 1. The summed E-state index contributed by atoms with van der Waals surface area (Å²) in [6.45, 7) is 5.77. The Morgan fingerprint density at radius 1 is 1.33 bits per heavy atom. The van der Waals surface area contributed by atoms with E-state index in [2.05, 4.69) is 5.32 Å². The number of hydrogen-bond acceptors (Lipinski definition) is 2. The van der Waals surface area contributed by atoms with Crippen molar-refractivity contribution in [2.45, 2.75) is 46.1 Å². The molecule has 1 atom stereocenters. The van der Waals surface area contributed by atoms with E-state index in [1.54, 1.807) is 6.92 Å². The van der Waals surface area contributed by atoms with Crippen molar-refractivity contribution in [1.82, 2.24) is 5.32 Å². The van der Waals surface area contributed by atoms with Gasteiger partial charge >= 0.3 is 0 Å². The van der Waals surface area contributed by atoms with Crippen LogP contribution >= 0.6 is 0 Å². The summed E-state index contributed by atoms with van der Waals surface area (Å²) in [5.41, 5.74) is 5.09. The zero-order chi connectivity index (χ0) is 11.8. The van der Waals surface area contributed by atoms with Crippen LogP contribution in [0.4, 0.5) is 0 Å². The first-order valence-corrected chi connectivity index (χ1v) is 5.44. The van der Waals surface area contributed by atoms with E-state index in [-0.39, 0.29) is 23.8 Å². The Balaban J connectivity index is 3.79. The van der Waals surface area contributed by atoms with Crippen LogP contribution in [0, 0.1) is 12.3 Å². The van der Waals surface area contributed by atoms with E-state index in [9.17, 15) is 9.59 Å². The number of nitrogens with two attached hydrogens (primary N) is 1. The molecule has 0 heterocycles. The molecule has 4 nitrogen and oxygen atoms in total. The fraction of sp³-hybridized carbons (Fsp3) is 0.727. The summed E-state index contributed by atoms with van der Waals surface area (Å²) < 4.78 is 0. The topological polar surface area (TPSA) is 72.2 Å². The molecule has 0 saturated heterocycles. The van der Waals surface area contributed by atoms with Crippen LogP contribution < -0.4 is 11.1 Å². The Bertz CT molecular complexity index is 213. The number of amides is 2. The molecule has 15 heavy (non-hydrogen) atoms. The van der Waals surface area contributed by atoms with Crippen molar-refractivity contribution in [3.05, 3.63) is 6.42 Å². The first-order valence-electron chi connectivity index (χ1n) is 5.44. The zero-order valence-electron chi connectivity index (χ0n) is 9.75. The maximum Gasteiger partial charge on any atom is 0.224 e. The maximum atomic E-state index is 11.4. The normalized spacial score (nSPS) is 12.5. The summed E-state index contributed by atoms with van der Waals surface area (Å²) in [5, 5.41) is 2.86. The van der Waals surface area contributed by atoms with Gasteiger partial charge < -0.3 is 11.1 Å². The van der Waals surface area contributed by atoms with Gasteiger partial charge in [0, 0.05) is 12.0 Å². The van der Waals surface area contributed by atoms with E-state index in [1.807, 2.05) is 13.8 Å². The molecule has 3 N–H and O–H groups in total. The molecule has 0 fully saturated rings. The lowest BCUT2D eigenvalue weighted by atomic mass is 10.0. The summed E-state index contributed by atoms with van der Waals surface area (Å²) >= 11 is 0. The number of primary amides is 1. The van der Waals surface area contributed by atoms with E-state index in [0.29, 0.717) is 6.42 Å². The van der Waals surface area contributed by atoms with Crippen molar-refractivity contribution in [2.24, 2.45) is 11.7 Å². The van der Waals surface area contributed by atoms with Crippen LogP contribution in [0.25, 0.3) is 0 Å². The number of hydrogen-bond donors (Lipinski definition) is 2. The molecule has 0 aliphatic carbocycles. The van der Waals surface area contributed by atoms with Crippen LogP contribution in [0.5, 0.6) is 0 Å². The molecule has 0 saturated carbocycles.